The molecule has 0 unspecified atom stereocenters. The summed E-state index contributed by atoms with van der Waals surface area (Å²) in [6.45, 7) is 5.41. The van der Waals surface area contributed by atoms with Crippen LogP contribution < -0.4 is 5.73 Å². The fourth-order valence-corrected chi connectivity index (χ4v) is 2.40. The van der Waals surface area contributed by atoms with Gasteiger partial charge in [0.1, 0.15) is 5.82 Å². The predicted molar refractivity (Wildman–Crippen MR) is 71.6 cm³/mol. The molecule has 104 valence electrons. The van der Waals surface area contributed by atoms with Crippen LogP contribution in [0.3, 0.4) is 0 Å². The number of hydrogen-bond donors (Lipinski definition) is 1. The standard InChI is InChI=1S/C11H22N4O2S/c1-3-15-10(9-12)13-14-11(15)18-8-4-5-17-7-6-16-2/h3-9,12H2,1-2H3. The fourth-order valence-electron chi connectivity index (χ4n) is 1.46. The third-order valence-electron chi connectivity index (χ3n) is 2.39. The Morgan fingerprint density at radius 1 is 1.28 bits per heavy atom. The highest BCUT2D eigenvalue weighted by molar-refractivity contribution is 7.99. The molecule has 0 aliphatic rings. The molecule has 1 heterocycles. The summed E-state index contributed by atoms with van der Waals surface area (Å²) in [5.41, 5.74) is 5.60. The second-order valence-electron chi connectivity index (χ2n) is 3.65. The molecule has 0 spiro atoms. The molecule has 0 aliphatic heterocycles. The van der Waals surface area contributed by atoms with Crippen molar-refractivity contribution in [2.24, 2.45) is 5.73 Å². The normalized spacial score (nSPS) is 11.1. The van der Waals surface area contributed by atoms with Gasteiger partial charge in [-0.05, 0) is 13.3 Å². The van der Waals surface area contributed by atoms with Gasteiger partial charge in [-0.1, -0.05) is 11.8 Å². The van der Waals surface area contributed by atoms with Crippen LogP contribution in [0.1, 0.15) is 19.2 Å². The molecule has 1 rings (SSSR count). The summed E-state index contributed by atoms with van der Waals surface area (Å²) in [6, 6.07) is 0. The topological polar surface area (TPSA) is 75.2 Å². The highest BCUT2D eigenvalue weighted by Crippen LogP contribution is 2.17. The van der Waals surface area contributed by atoms with E-state index in [1.807, 2.05) is 0 Å². The molecule has 0 atom stereocenters. The summed E-state index contributed by atoms with van der Waals surface area (Å²) in [6.07, 6.45) is 0.989. The van der Waals surface area contributed by atoms with E-state index in [9.17, 15) is 0 Å². The van der Waals surface area contributed by atoms with Crippen LogP contribution in [0.4, 0.5) is 0 Å². The van der Waals surface area contributed by atoms with Crippen molar-refractivity contribution in [2.75, 3.05) is 32.7 Å². The number of thioether (sulfide) groups is 1. The van der Waals surface area contributed by atoms with E-state index in [0.717, 1.165) is 36.3 Å². The summed E-state index contributed by atoms with van der Waals surface area (Å²) in [5, 5.41) is 9.14. The van der Waals surface area contributed by atoms with E-state index in [-0.39, 0.29) is 0 Å². The maximum Gasteiger partial charge on any atom is 0.191 e. The van der Waals surface area contributed by atoms with E-state index >= 15 is 0 Å². The number of aromatic nitrogens is 3. The van der Waals surface area contributed by atoms with Crippen LogP contribution in [0.2, 0.25) is 0 Å². The van der Waals surface area contributed by atoms with Crippen LogP contribution in [-0.4, -0.2) is 47.4 Å². The highest BCUT2D eigenvalue weighted by Gasteiger charge is 2.09. The minimum atomic E-state index is 0.432. The molecule has 1 aromatic rings. The number of rotatable bonds is 10. The van der Waals surface area contributed by atoms with Crippen LogP contribution in [0, 0.1) is 0 Å². The first-order valence-electron chi connectivity index (χ1n) is 6.15. The molecular formula is C11H22N4O2S. The highest BCUT2D eigenvalue weighted by atomic mass is 32.2. The monoisotopic (exact) mass is 274 g/mol. The van der Waals surface area contributed by atoms with Crippen molar-refractivity contribution >= 4 is 11.8 Å². The van der Waals surface area contributed by atoms with Crippen LogP contribution in [-0.2, 0) is 22.6 Å². The van der Waals surface area contributed by atoms with E-state index < -0.39 is 0 Å². The summed E-state index contributed by atoms with van der Waals surface area (Å²) < 4.78 is 12.3. The first kappa shape index (κ1) is 15.4. The first-order chi connectivity index (χ1) is 8.83. The third kappa shape index (κ3) is 4.93. The predicted octanol–water partition coefficient (Wildman–Crippen LogP) is 0.902. The minimum absolute atomic E-state index is 0.432. The average Bonchev–Trinajstić information content (AvgIpc) is 2.79. The fraction of sp³-hybridized carbons (Fsp3) is 0.818. The van der Waals surface area contributed by atoms with Gasteiger partial charge < -0.3 is 19.8 Å². The molecule has 0 aliphatic carbocycles. The molecule has 0 aromatic carbocycles. The van der Waals surface area contributed by atoms with Crippen molar-refractivity contribution in [1.29, 1.82) is 0 Å². The second kappa shape index (κ2) is 9.32. The zero-order valence-corrected chi connectivity index (χ0v) is 11.9. The molecule has 0 radical (unpaired) electrons. The lowest BCUT2D eigenvalue weighted by Crippen LogP contribution is -2.08. The Balaban J connectivity index is 2.21. The molecule has 0 saturated heterocycles. The number of hydrogen-bond acceptors (Lipinski definition) is 6. The molecule has 0 amide bonds. The second-order valence-corrected chi connectivity index (χ2v) is 4.72. The quantitative estimate of drug-likeness (QED) is 0.505. The Bertz CT molecular complexity index is 333. The molecule has 18 heavy (non-hydrogen) atoms. The van der Waals surface area contributed by atoms with Crippen molar-refractivity contribution in [3.05, 3.63) is 5.82 Å². The summed E-state index contributed by atoms with van der Waals surface area (Å²) in [7, 11) is 1.67. The van der Waals surface area contributed by atoms with Gasteiger partial charge in [-0.3, -0.25) is 0 Å². The van der Waals surface area contributed by atoms with Crippen molar-refractivity contribution in [1.82, 2.24) is 14.8 Å². The van der Waals surface area contributed by atoms with Crippen LogP contribution >= 0.6 is 11.8 Å². The molecule has 0 fully saturated rings. The van der Waals surface area contributed by atoms with Gasteiger partial charge >= 0.3 is 0 Å². The molecule has 1 aromatic heterocycles. The van der Waals surface area contributed by atoms with Gasteiger partial charge in [0.05, 0.1) is 19.8 Å². The van der Waals surface area contributed by atoms with Gasteiger partial charge in [-0.15, -0.1) is 10.2 Å². The van der Waals surface area contributed by atoms with Crippen LogP contribution in [0.15, 0.2) is 5.16 Å². The number of ether oxygens (including phenoxy) is 2. The lowest BCUT2D eigenvalue weighted by molar-refractivity contribution is 0.0713. The van der Waals surface area contributed by atoms with Gasteiger partial charge in [0.2, 0.25) is 0 Å². The smallest absolute Gasteiger partial charge is 0.191 e. The lowest BCUT2D eigenvalue weighted by Gasteiger charge is -2.06. The Kier molecular flexibility index (Phi) is 7.99. The molecule has 6 nitrogen and oxygen atoms in total. The van der Waals surface area contributed by atoms with E-state index in [2.05, 4.69) is 21.7 Å². The SMILES string of the molecule is CCn1c(CN)nnc1SCCCOCCOC. The molecule has 0 bridgehead atoms. The van der Waals surface area contributed by atoms with Crippen molar-refractivity contribution in [3.8, 4) is 0 Å². The number of nitrogens with zero attached hydrogens (tertiary/aromatic N) is 3. The van der Waals surface area contributed by atoms with Crippen molar-refractivity contribution in [3.63, 3.8) is 0 Å². The maximum atomic E-state index is 5.60. The van der Waals surface area contributed by atoms with Gasteiger partial charge in [0, 0.05) is 26.0 Å². The molecular weight excluding hydrogens is 252 g/mol. The molecule has 0 saturated carbocycles. The van der Waals surface area contributed by atoms with Crippen LogP contribution in [0.25, 0.3) is 0 Å². The zero-order valence-electron chi connectivity index (χ0n) is 11.1. The number of nitrogens with two attached hydrogens (primary N) is 1. The van der Waals surface area contributed by atoms with Gasteiger partial charge in [0.25, 0.3) is 0 Å². The Hall–Kier alpha value is -0.630. The molecule has 7 heteroatoms. The Labute approximate surface area is 112 Å². The Morgan fingerprint density at radius 3 is 2.78 bits per heavy atom. The van der Waals surface area contributed by atoms with E-state index in [0.29, 0.717) is 19.8 Å². The lowest BCUT2D eigenvalue weighted by atomic mass is 10.5. The average molecular weight is 274 g/mol. The van der Waals surface area contributed by atoms with E-state index in [4.69, 9.17) is 15.2 Å². The Morgan fingerprint density at radius 2 is 2.11 bits per heavy atom. The zero-order chi connectivity index (χ0) is 13.2. The van der Waals surface area contributed by atoms with Gasteiger partial charge in [-0.25, -0.2) is 0 Å². The van der Waals surface area contributed by atoms with Crippen molar-refractivity contribution < 1.29 is 9.47 Å². The third-order valence-corrected chi connectivity index (χ3v) is 3.44. The first-order valence-corrected chi connectivity index (χ1v) is 7.13. The molecule has 2 N–H and O–H groups in total. The summed E-state index contributed by atoms with van der Waals surface area (Å²) in [5.74, 6) is 1.81. The summed E-state index contributed by atoms with van der Waals surface area (Å²) >= 11 is 1.69. The van der Waals surface area contributed by atoms with Gasteiger partial charge in [-0.2, -0.15) is 0 Å². The van der Waals surface area contributed by atoms with Crippen molar-refractivity contribution in [2.45, 2.75) is 31.6 Å². The largest absolute Gasteiger partial charge is 0.382 e. The maximum absolute atomic E-state index is 5.60. The summed E-state index contributed by atoms with van der Waals surface area (Å²) in [4.78, 5) is 0. The van der Waals surface area contributed by atoms with Gasteiger partial charge in [0.15, 0.2) is 5.16 Å². The minimum Gasteiger partial charge on any atom is -0.382 e. The van der Waals surface area contributed by atoms with Crippen LogP contribution in [0.5, 0.6) is 0 Å². The number of methoxy groups -OCH3 is 1. The van der Waals surface area contributed by atoms with E-state index in [1.165, 1.54) is 0 Å². The van der Waals surface area contributed by atoms with E-state index in [1.54, 1.807) is 18.9 Å².